The number of benzene rings is 1. The Hall–Kier alpha value is -2.94. The number of hydrogen-bond donors (Lipinski definition) is 2. The highest BCUT2D eigenvalue weighted by Crippen LogP contribution is 2.33. The number of carbonyl (C=O) groups is 2. The van der Waals surface area contributed by atoms with Gasteiger partial charge in [-0.2, -0.15) is 5.10 Å². The lowest BCUT2D eigenvalue weighted by Crippen LogP contribution is -2.36. The van der Waals surface area contributed by atoms with E-state index in [-0.39, 0.29) is 17.3 Å². The third-order valence-corrected chi connectivity index (χ3v) is 7.06. The van der Waals surface area contributed by atoms with Crippen molar-refractivity contribution in [3.8, 4) is 5.69 Å². The Kier molecular flexibility index (Phi) is 5.95. The summed E-state index contributed by atoms with van der Waals surface area (Å²) in [5.41, 5.74) is 3.89. The van der Waals surface area contributed by atoms with Crippen molar-refractivity contribution >= 4 is 27.5 Å². The molecule has 2 N–H and O–H groups in total. The molecule has 2 aromatic rings. The van der Waals surface area contributed by atoms with Crippen molar-refractivity contribution in [1.29, 1.82) is 0 Å². The molecule has 0 saturated carbocycles. The lowest BCUT2D eigenvalue weighted by molar-refractivity contribution is -0.136. The van der Waals surface area contributed by atoms with Crippen LogP contribution in [-0.4, -0.2) is 36.6 Å². The van der Waals surface area contributed by atoms with Crippen LogP contribution in [0.15, 0.2) is 35.9 Å². The lowest BCUT2D eigenvalue weighted by atomic mass is 9.97. The topological polar surface area (TPSA) is 110 Å². The van der Waals surface area contributed by atoms with Crippen molar-refractivity contribution < 1.29 is 18.0 Å². The molecule has 8 nitrogen and oxygen atoms in total. The fourth-order valence-corrected chi connectivity index (χ4v) is 5.45. The summed E-state index contributed by atoms with van der Waals surface area (Å²) in [4.78, 5) is 24.9. The van der Waals surface area contributed by atoms with Gasteiger partial charge in [0.25, 0.3) is 0 Å². The first-order chi connectivity index (χ1) is 14.8. The summed E-state index contributed by atoms with van der Waals surface area (Å²) in [5, 5.41) is 9.66. The fourth-order valence-electron chi connectivity index (χ4n) is 3.96. The number of rotatable bonds is 5. The normalized spacial score (nSPS) is 17.0. The molecular formula is C22H26N4O4S. The molecule has 0 bridgehead atoms. The fraction of sp³-hybridized carbons (Fsp3) is 0.409. The Morgan fingerprint density at radius 2 is 1.87 bits per heavy atom. The second-order valence-electron chi connectivity index (χ2n) is 8.12. The zero-order valence-corrected chi connectivity index (χ0v) is 18.3. The van der Waals surface area contributed by atoms with Crippen LogP contribution in [0.25, 0.3) is 5.69 Å². The SMILES string of the molecule is Cc1ccc(-n2nc3c(c2NC(=O)C(=O)NCCC2=CCCCC2)CS(=O)(=O)C3)cc1. The molecule has 0 unspecified atom stereocenters. The molecule has 0 saturated heterocycles. The number of hydrogen-bond acceptors (Lipinski definition) is 5. The zero-order chi connectivity index (χ0) is 22.0. The Labute approximate surface area is 181 Å². The van der Waals surface area contributed by atoms with Crippen LogP contribution in [0.1, 0.15) is 48.9 Å². The van der Waals surface area contributed by atoms with Gasteiger partial charge < -0.3 is 10.6 Å². The van der Waals surface area contributed by atoms with Gasteiger partial charge in [0.1, 0.15) is 5.82 Å². The maximum atomic E-state index is 12.6. The first-order valence-corrected chi connectivity index (χ1v) is 12.3. The average molecular weight is 443 g/mol. The number of allylic oxidation sites excluding steroid dienone is 1. The zero-order valence-electron chi connectivity index (χ0n) is 17.5. The summed E-state index contributed by atoms with van der Waals surface area (Å²) >= 11 is 0. The van der Waals surface area contributed by atoms with Gasteiger partial charge >= 0.3 is 11.8 Å². The Balaban J connectivity index is 1.50. The van der Waals surface area contributed by atoms with Gasteiger partial charge in [-0.05, 0) is 51.2 Å². The van der Waals surface area contributed by atoms with Crippen molar-refractivity contribution in [1.82, 2.24) is 15.1 Å². The van der Waals surface area contributed by atoms with E-state index in [1.54, 1.807) is 0 Å². The molecule has 1 aromatic heterocycles. The smallest absolute Gasteiger partial charge is 0.314 e. The third kappa shape index (κ3) is 4.87. The van der Waals surface area contributed by atoms with E-state index in [9.17, 15) is 18.0 Å². The highest BCUT2D eigenvalue weighted by Gasteiger charge is 2.33. The minimum Gasteiger partial charge on any atom is -0.348 e. The highest BCUT2D eigenvalue weighted by atomic mass is 32.2. The quantitative estimate of drug-likeness (QED) is 0.546. The monoisotopic (exact) mass is 442 g/mol. The predicted octanol–water partition coefficient (Wildman–Crippen LogP) is 2.55. The molecule has 1 aromatic carbocycles. The average Bonchev–Trinajstić information content (AvgIpc) is 3.21. The van der Waals surface area contributed by atoms with Gasteiger partial charge in [-0.25, -0.2) is 13.1 Å². The minimum absolute atomic E-state index is 0.175. The molecule has 9 heteroatoms. The van der Waals surface area contributed by atoms with Crippen molar-refractivity contribution in [3.63, 3.8) is 0 Å². The van der Waals surface area contributed by atoms with E-state index >= 15 is 0 Å². The lowest BCUT2D eigenvalue weighted by Gasteiger charge is -2.13. The molecule has 31 heavy (non-hydrogen) atoms. The summed E-state index contributed by atoms with van der Waals surface area (Å²) in [6, 6.07) is 7.47. The van der Waals surface area contributed by atoms with Crippen LogP contribution >= 0.6 is 0 Å². The van der Waals surface area contributed by atoms with E-state index in [0.29, 0.717) is 23.5 Å². The van der Waals surface area contributed by atoms with E-state index in [1.807, 2.05) is 31.2 Å². The summed E-state index contributed by atoms with van der Waals surface area (Å²) < 4.78 is 25.6. The van der Waals surface area contributed by atoms with E-state index < -0.39 is 21.7 Å². The molecule has 2 aliphatic rings. The number of nitrogens with zero attached hydrogens (tertiary/aromatic N) is 2. The van der Waals surface area contributed by atoms with Crippen molar-refractivity contribution in [2.24, 2.45) is 0 Å². The second kappa shape index (κ2) is 8.66. The molecular weight excluding hydrogens is 416 g/mol. The molecule has 2 heterocycles. The van der Waals surface area contributed by atoms with Crippen molar-refractivity contribution in [2.45, 2.75) is 50.5 Å². The molecule has 0 spiro atoms. The van der Waals surface area contributed by atoms with Crippen molar-refractivity contribution in [3.05, 3.63) is 52.7 Å². The summed E-state index contributed by atoms with van der Waals surface area (Å²) in [5.74, 6) is -1.74. The second-order valence-corrected chi connectivity index (χ2v) is 10.2. The summed E-state index contributed by atoms with van der Waals surface area (Å²) in [6.07, 6.45) is 7.41. The summed E-state index contributed by atoms with van der Waals surface area (Å²) in [6.45, 7) is 2.34. The Morgan fingerprint density at radius 3 is 2.58 bits per heavy atom. The summed E-state index contributed by atoms with van der Waals surface area (Å²) in [7, 11) is -3.31. The maximum absolute atomic E-state index is 12.6. The standard InChI is InChI=1S/C22H26N4O4S/c1-15-7-9-17(10-8-15)26-20(18-13-31(29,30)14-19(18)25-26)24-22(28)21(27)23-12-11-16-5-3-2-4-6-16/h5,7-10H,2-4,6,11-14H2,1H3,(H,23,27)(H,24,28). The van der Waals surface area contributed by atoms with Crippen LogP contribution in [0.2, 0.25) is 0 Å². The molecule has 0 fully saturated rings. The van der Waals surface area contributed by atoms with E-state index in [2.05, 4.69) is 21.8 Å². The number of aromatic nitrogens is 2. The molecule has 2 amide bonds. The van der Waals surface area contributed by atoms with Crippen LogP contribution in [0.5, 0.6) is 0 Å². The van der Waals surface area contributed by atoms with Gasteiger partial charge in [0, 0.05) is 12.1 Å². The Morgan fingerprint density at radius 1 is 1.10 bits per heavy atom. The van der Waals surface area contributed by atoms with Gasteiger partial charge in [0.15, 0.2) is 9.84 Å². The predicted molar refractivity (Wildman–Crippen MR) is 117 cm³/mol. The van der Waals surface area contributed by atoms with Gasteiger partial charge in [0.2, 0.25) is 0 Å². The van der Waals surface area contributed by atoms with Crippen molar-refractivity contribution in [2.75, 3.05) is 11.9 Å². The highest BCUT2D eigenvalue weighted by molar-refractivity contribution is 7.90. The number of nitrogens with one attached hydrogen (secondary N) is 2. The van der Waals surface area contributed by atoms with E-state index in [1.165, 1.54) is 16.7 Å². The number of fused-ring (bicyclic) bond motifs is 1. The van der Waals surface area contributed by atoms with Crippen LogP contribution < -0.4 is 10.6 Å². The molecule has 0 radical (unpaired) electrons. The minimum atomic E-state index is -3.31. The van der Waals surface area contributed by atoms with Gasteiger partial charge in [-0.15, -0.1) is 0 Å². The largest absolute Gasteiger partial charge is 0.348 e. The third-order valence-electron chi connectivity index (χ3n) is 5.62. The first-order valence-electron chi connectivity index (χ1n) is 10.5. The van der Waals surface area contributed by atoms with Gasteiger partial charge in [0.05, 0.1) is 22.9 Å². The molecule has 0 atom stereocenters. The number of amides is 2. The van der Waals surface area contributed by atoms with Crippen LogP contribution in [0, 0.1) is 6.92 Å². The maximum Gasteiger partial charge on any atom is 0.314 e. The Bertz CT molecular complexity index is 1150. The number of carbonyl (C=O) groups excluding carboxylic acids is 2. The van der Waals surface area contributed by atoms with Crippen LogP contribution in [0.3, 0.4) is 0 Å². The van der Waals surface area contributed by atoms with Gasteiger partial charge in [-0.3, -0.25) is 9.59 Å². The van der Waals surface area contributed by atoms with Crippen LogP contribution in [-0.2, 0) is 30.9 Å². The molecule has 1 aliphatic carbocycles. The first kappa shape index (κ1) is 21.3. The molecule has 1 aliphatic heterocycles. The number of anilines is 1. The van der Waals surface area contributed by atoms with Crippen LogP contribution in [0.4, 0.5) is 5.82 Å². The molecule has 4 rings (SSSR count). The number of aryl methyl sites for hydroxylation is 1. The molecule has 164 valence electrons. The van der Waals surface area contributed by atoms with E-state index in [0.717, 1.165) is 31.2 Å². The number of sulfone groups is 1. The van der Waals surface area contributed by atoms with E-state index in [4.69, 9.17) is 0 Å². The van der Waals surface area contributed by atoms with Gasteiger partial charge in [-0.1, -0.05) is 29.3 Å².